The van der Waals surface area contributed by atoms with E-state index < -0.39 is 5.97 Å². The molecule has 9 heteroatoms. The Hall–Kier alpha value is -3.14. The van der Waals surface area contributed by atoms with Crippen LogP contribution in [0.2, 0.25) is 0 Å². The number of hydrogen-bond donors (Lipinski definition) is 2. The molecule has 2 saturated heterocycles. The van der Waals surface area contributed by atoms with Crippen LogP contribution in [0.5, 0.6) is 5.75 Å². The molecule has 2 aliphatic heterocycles. The maximum Gasteiger partial charge on any atom is 0.306 e. The van der Waals surface area contributed by atoms with Crippen molar-refractivity contribution in [3.8, 4) is 17.0 Å². The molecule has 2 aromatic carbocycles. The number of morpholine rings is 1. The third-order valence-corrected chi connectivity index (χ3v) is 8.40. The number of hydrogen-bond acceptors (Lipinski definition) is 8. The second kappa shape index (κ2) is 11.7. The SMILES string of the molecule is Cc1ccc(OCc2ccc(CN3CCOCC3)cc2N)c(-c2csc(N3CC[C@@H](C(=O)O)[C@@H](C)C3)n2)c1. The summed E-state index contributed by atoms with van der Waals surface area (Å²) in [4.78, 5) is 21.0. The normalized spacial score (nSPS) is 20.4. The van der Waals surface area contributed by atoms with E-state index in [1.54, 1.807) is 11.3 Å². The van der Waals surface area contributed by atoms with E-state index in [1.165, 1.54) is 5.56 Å². The summed E-state index contributed by atoms with van der Waals surface area (Å²) in [5.74, 6) is -0.145. The number of carboxylic acid groups (broad SMARTS) is 1. The Labute approximate surface area is 228 Å². The summed E-state index contributed by atoms with van der Waals surface area (Å²) in [7, 11) is 0. The number of nitrogen functional groups attached to an aromatic ring is 1. The van der Waals surface area contributed by atoms with Gasteiger partial charge in [0.15, 0.2) is 5.13 Å². The zero-order valence-corrected chi connectivity index (χ0v) is 22.9. The number of aliphatic carboxylic acids is 1. The Balaban J connectivity index is 1.27. The highest BCUT2D eigenvalue weighted by atomic mass is 32.1. The molecule has 0 saturated carbocycles. The predicted octanol–water partition coefficient (Wildman–Crippen LogP) is 4.66. The van der Waals surface area contributed by atoms with Gasteiger partial charge in [-0.05, 0) is 43.0 Å². The lowest BCUT2D eigenvalue weighted by Gasteiger charge is -2.34. The van der Waals surface area contributed by atoms with Crippen LogP contribution in [-0.2, 0) is 22.7 Å². The van der Waals surface area contributed by atoms with Gasteiger partial charge >= 0.3 is 5.97 Å². The molecule has 0 radical (unpaired) electrons. The first kappa shape index (κ1) is 26.5. The molecule has 0 aliphatic carbocycles. The van der Waals surface area contributed by atoms with Gasteiger partial charge < -0.3 is 25.2 Å². The van der Waals surface area contributed by atoms with Gasteiger partial charge in [-0.2, -0.15) is 0 Å². The first-order chi connectivity index (χ1) is 18.4. The number of aryl methyl sites for hydroxylation is 1. The number of nitrogens with zero attached hydrogens (tertiary/aromatic N) is 3. The molecule has 3 aromatic rings. The second-order valence-electron chi connectivity index (χ2n) is 10.4. The van der Waals surface area contributed by atoms with Crippen LogP contribution in [0.25, 0.3) is 11.3 Å². The molecule has 0 spiro atoms. The van der Waals surface area contributed by atoms with Crippen LogP contribution in [-0.4, -0.2) is 60.4 Å². The van der Waals surface area contributed by atoms with Gasteiger partial charge in [0.2, 0.25) is 0 Å². The van der Waals surface area contributed by atoms with Gasteiger partial charge in [-0.1, -0.05) is 30.7 Å². The van der Waals surface area contributed by atoms with Gasteiger partial charge in [0.05, 0.1) is 24.8 Å². The number of aromatic nitrogens is 1. The van der Waals surface area contributed by atoms with E-state index in [1.807, 2.05) is 25.1 Å². The Kier molecular flexibility index (Phi) is 8.16. The predicted molar refractivity (Wildman–Crippen MR) is 151 cm³/mol. The van der Waals surface area contributed by atoms with E-state index in [4.69, 9.17) is 20.2 Å². The fourth-order valence-corrected chi connectivity index (χ4v) is 6.10. The van der Waals surface area contributed by atoms with Gasteiger partial charge in [-0.25, -0.2) is 4.98 Å². The van der Waals surface area contributed by atoms with E-state index in [2.05, 4.69) is 40.3 Å². The summed E-state index contributed by atoms with van der Waals surface area (Å²) in [5, 5.41) is 12.4. The highest BCUT2D eigenvalue weighted by Crippen LogP contribution is 2.36. The highest BCUT2D eigenvalue weighted by Gasteiger charge is 2.32. The fourth-order valence-electron chi connectivity index (χ4n) is 5.24. The summed E-state index contributed by atoms with van der Waals surface area (Å²) >= 11 is 1.59. The van der Waals surface area contributed by atoms with E-state index >= 15 is 0 Å². The number of thiazole rings is 1. The highest BCUT2D eigenvalue weighted by molar-refractivity contribution is 7.14. The molecule has 3 N–H and O–H groups in total. The van der Waals surface area contributed by atoms with Crippen LogP contribution < -0.4 is 15.4 Å². The second-order valence-corrected chi connectivity index (χ2v) is 11.2. The van der Waals surface area contributed by atoms with Crippen molar-refractivity contribution in [2.75, 3.05) is 50.0 Å². The standard InChI is InChI=1S/C29H36N4O4S/c1-19-3-6-27(37-17-22-5-4-21(14-25(22)30)16-32-9-11-36-12-10-32)24(13-19)26-18-38-29(31-26)33-8-7-23(28(34)35)20(2)15-33/h3-6,13-14,18,20,23H,7-12,15-17,30H2,1-2H3,(H,34,35)/t20-,23+/m0/s1. The molecule has 3 heterocycles. The summed E-state index contributed by atoms with van der Waals surface area (Å²) in [5.41, 5.74) is 12.2. The van der Waals surface area contributed by atoms with Crippen LogP contribution in [0.1, 0.15) is 30.0 Å². The molecule has 1 aromatic heterocycles. The van der Waals surface area contributed by atoms with E-state index in [0.29, 0.717) is 26.1 Å². The maximum absolute atomic E-state index is 11.5. The van der Waals surface area contributed by atoms with Gasteiger partial charge in [0, 0.05) is 54.9 Å². The zero-order chi connectivity index (χ0) is 26.6. The quantitative estimate of drug-likeness (QED) is 0.401. The monoisotopic (exact) mass is 536 g/mol. The topological polar surface area (TPSA) is 101 Å². The van der Waals surface area contributed by atoms with Gasteiger partial charge in [-0.3, -0.25) is 9.69 Å². The van der Waals surface area contributed by atoms with Crippen molar-refractivity contribution in [3.63, 3.8) is 0 Å². The Morgan fingerprint density at radius 2 is 2.03 bits per heavy atom. The molecule has 202 valence electrons. The van der Waals surface area contributed by atoms with Crippen molar-refractivity contribution in [1.29, 1.82) is 0 Å². The van der Waals surface area contributed by atoms with Gasteiger partial charge in [0.1, 0.15) is 12.4 Å². The summed E-state index contributed by atoms with van der Waals surface area (Å²) in [6.45, 7) is 10.2. The molecule has 38 heavy (non-hydrogen) atoms. The number of benzene rings is 2. The number of nitrogens with two attached hydrogens (primary N) is 1. The number of ether oxygens (including phenoxy) is 2. The molecule has 0 amide bonds. The van der Waals surface area contributed by atoms with Gasteiger partial charge in [-0.15, -0.1) is 11.3 Å². The first-order valence-electron chi connectivity index (χ1n) is 13.2. The molecule has 0 bridgehead atoms. The van der Waals surface area contributed by atoms with Crippen LogP contribution in [0.15, 0.2) is 41.8 Å². The lowest BCUT2D eigenvalue weighted by Crippen LogP contribution is -2.42. The van der Waals surface area contributed by atoms with Gasteiger partial charge in [0.25, 0.3) is 0 Å². The minimum Gasteiger partial charge on any atom is -0.488 e. The smallest absolute Gasteiger partial charge is 0.306 e. The molecule has 2 fully saturated rings. The molecule has 8 nitrogen and oxygen atoms in total. The van der Waals surface area contributed by atoms with Crippen LogP contribution in [0.3, 0.4) is 0 Å². The van der Waals surface area contributed by atoms with Crippen molar-refractivity contribution >= 4 is 28.1 Å². The third kappa shape index (κ3) is 6.11. The Morgan fingerprint density at radius 1 is 1.21 bits per heavy atom. The van der Waals surface area contributed by atoms with Crippen LogP contribution in [0.4, 0.5) is 10.8 Å². The number of anilines is 2. The van der Waals surface area contributed by atoms with E-state index in [0.717, 1.165) is 71.8 Å². The number of piperidine rings is 1. The maximum atomic E-state index is 11.5. The molecule has 0 unspecified atom stereocenters. The summed E-state index contributed by atoms with van der Waals surface area (Å²) in [6, 6.07) is 12.4. The molecular formula is C29H36N4O4S. The fraction of sp³-hybridized carbons (Fsp3) is 0.448. The van der Waals surface area contributed by atoms with Crippen molar-refractivity contribution in [3.05, 3.63) is 58.5 Å². The third-order valence-electron chi connectivity index (χ3n) is 7.50. The summed E-state index contributed by atoms with van der Waals surface area (Å²) < 4.78 is 11.7. The molecule has 5 rings (SSSR count). The Morgan fingerprint density at radius 3 is 2.76 bits per heavy atom. The minimum absolute atomic E-state index is 0.0807. The van der Waals surface area contributed by atoms with Crippen molar-refractivity contribution < 1.29 is 19.4 Å². The zero-order valence-electron chi connectivity index (χ0n) is 22.1. The average molecular weight is 537 g/mol. The number of rotatable bonds is 8. The van der Waals surface area contributed by atoms with Crippen molar-refractivity contribution in [1.82, 2.24) is 9.88 Å². The van der Waals surface area contributed by atoms with Crippen LogP contribution in [0, 0.1) is 18.8 Å². The number of carboxylic acids is 1. The lowest BCUT2D eigenvalue weighted by molar-refractivity contribution is -0.144. The minimum atomic E-state index is -0.703. The first-order valence-corrected chi connectivity index (χ1v) is 14.1. The molecule has 2 atom stereocenters. The Bertz CT molecular complexity index is 1270. The average Bonchev–Trinajstić information content (AvgIpc) is 3.39. The largest absolute Gasteiger partial charge is 0.488 e. The molecule has 2 aliphatic rings. The summed E-state index contributed by atoms with van der Waals surface area (Å²) in [6.07, 6.45) is 0.636. The number of carbonyl (C=O) groups is 1. The van der Waals surface area contributed by atoms with E-state index in [-0.39, 0.29) is 11.8 Å². The van der Waals surface area contributed by atoms with Crippen LogP contribution >= 0.6 is 11.3 Å². The van der Waals surface area contributed by atoms with E-state index in [9.17, 15) is 9.90 Å². The molecular weight excluding hydrogens is 500 g/mol. The van der Waals surface area contributed by atoms with Crippen molar-refractivity contribution in [2.24, 2.45) is 11.8 Å². The lowest BCUT2D eigenvalue weighted by atomic mass is 9.87. The van der Waals surface area contributed by atoms with Crippen molar-refractivity contribution in [2.45, 2.75) is 33.4 Å².